The number of nitrogens with zero attached hydrogens (tertiary/aromatic N) is 2. The van der Waals surface area contributed by atoms with Gasteiger partial charge < -0.3 is 10.2 Å². The molecule has 0 saturated carbocycles. The van der Waals surface area contributed by atoms with Crippen LogP contribution in [0.5, 0.6) is 0 Å². The Kier molecular flexibility index (Phi) is 9.51. The summed E-state index contributed by atoms with van der Waals surface area (Å²) in [4.78, 5) is 27.4. The van der Waals surface area contributed by atoms with Crippen LogP contribution in [0, 0.1) is 5.82 Å². The van der Waals surface area contributed by atoms with E-state index in [0.29, 0.717) is 23.6 Å². The minimum absolute atomic E-state index is 0.0368. The van der Waals surface area contributed by atoms with Crippen LogP contribution in [0.4, 0.5) is 10.1 Å². The van der Waals surface area contributed by atoms with Crippen LogP contribution in [0.3, 0.4) is 0 Å². The van der Waals surface area contributed by atoms with Crippen LogP contribution in [0.1, 0.15) is 25.8 Å². The molecule has 0 aliphatic heterocycles. The number of amides is 2. The number of likely N-dealkylation sites (N-methyl/N-ethyl adjacent to an activating group) is 1. The van der Waals surface area contributed by atoms with Crippen LogP contribution in [0.15, 0.2) is 42.5 Å². The molecule has 11 heteroatoms. The molecule has 1 N–H and O–H groups in total. The van der Waals surface area contributed by atoms with Gasteiger partial charge >= 0.3 is 0 Å². The van der Waals surface area contributed by atoms with Gasteiger partial charge in [0, 0.05) is 18.1 Å². The normalized spacial score (nSPS) is 12.2. The van der Waals surface area contributed by atoms with Crippen LogP contribution in [0.2, 0.25) is 10.0 Å². The van der Waals surface area contributed by atoms with Crippen LogP contribution in [-0.4, -0.2) is 50.5 Å². The highest BCUT2D eigenvalue weighted by molar-refractivity contribution is 7.92. The molecule has 0 aliphatic carbocycles. The van der Waals surface area contributed by atoms with Crippen LogP contribution in [0.25, 0.3) is 0 Å². The highest BCUT2D eigenvalue weighted by Gasteiger charge is 2.31. The number of hydrogen-bond acceptors (Lipinski definition) is 4. The molecular formula is C22H26Cl2FN3O4S. The number of anilines is 1. The topological polar surface area (TPSA) is 86.8 Å². The Morgan fingerprint density at radius 2 is 1.73 bits per heavy atom. The van der Waals surface area contributed by atoms with Gasteiger partial charge in [0.1, 0.15) is 18.4 Å². The van der Waals surface area contributed by atoms with Gasteiger partial charge in [0.25, 0.3) is 0 Å². The molecule has 180 valence electrons. The highest BCUT2D eigenvalue weighted by atomic mass is 35.5. The smallest absolute Gasteiger partial charge is 0.244 e. The van der Waals surface area contributed by atoms with E-state index in [1.165, 1.54) is 11.0 Å². The predicted octanol–water partition coefficient (Wildman–Crippen LogP) is 3.84. The number of carbonyl (C=O) groups excluding carboxylic acids is 2. The zero-order valence-electron chi connectivity index (χ0n) is 18.5. The first-order valence-electron chi connectivity index (χ1n) is 10.2. The van der Waals surface area contributed by atoms with E-state index in [4.69, 9.17) is 23.2 Å². The molecule has 0 aliphatic rings. The Hall–Kier alpha value is -2.36. The summed E-state index contributed by atoms with van der Waals surface area (Å²) in [5.41, 5.74) is 0.751. The lowest BCUT2D eigenvalue weighted by atomic mass is 10.1. The summed E-state index contributed by atoms with van der Waals surface area (Å²) in [6.07, 6.45) is 1.24. The molecule has 7 nitrogen and oxygen atoms in total. The lowest BCUT2D eigenvalue weighted by molar-refractivity contribution is -0.140. The minimum Gasteiger partial charge on any atom is -0.355 e. The number of nitrogens with one attached hydrogen (secondary N) is 1. The van der Waals surface area contributed by atoms with E-state index < -0.39 is 34.3 Å². The second kappa shape index (κ2) is 11.7. The average Bonchev–Trinajstić information content (AvgIpc) is 2.74. The number of rotatable bonds is 10. The fourth-order valence-electron chi connectivity index (χ4n) is 3.25. The summed E-state index contributed by atoms with van der Waals surface area (Å²) in [7, 11) is -3.93. The van der Waals surface area contributed by atoms with E-state index in [9.17, 15) is 22.4 Å². The van der Waals surface area contributed by atoms with Crippen molar-refractivity contribution in [2.45, 2.75) is 32.9 Å². The van der Waals surface area contributed by atoms with Crippen molar-refractivity contribution in [2.24, 2.45) is 0 Å². The van der Waals surface area contributed by atoms with Gasteiger partial charge in [0.05, 0.1) is 17.0 Å². The molecule has 0 bridgehead atoms. The molecule has 0 fully saturated rings. The molecule has 0 saturated heterocycles. The van der Waals surface area contributed by atoms with Gasteiger partial charge in [-0.2, -0.15) is 0 Å². The van der Waals surface area contributed by atoms with E-state index in [-0.39, 0.29) is 23.2 Å². The van der Waals surface area contributed by atoms with Crippen molar-refractivity contribution in [1.82, 2.24) is 10.2 Å². The maximum atomic E-state index is 13.6. The third-order valence-corrected chi connectivity index (χ3v) is 6.56. The first-order valence-corrected chi connectivity index (χ1v) is 12.8. The molecule has 0 heterocycles. The number of sulfonamides is 1. The third kappa shape index (κ3) is 7.31. The quantitative estimate of drug-likeness (QED) is 0.518. The fraction of sp³-hybridized carbons (Fsp3) is 0.364. The summed E-state index contributed by atoms with van der Waals surface area (Å²) in [6.45, 7) is 3.37. The first kappa shape index (κ1) is 26.9. The summed E-state index contributed by atoms with van der Waals surface area (Å²) < 4.78 is 39.4. The van der Waals surface area contributed by atoms with Gasteiger partial charge in [-0.15, -0.1) is 0 Å². The monoisotopic (exact) mass is 517 g/mol. The zero-order chi connectivity index (χ0) is 24.8. The van der Waals surface area contributed by atoms with E-state index >= 15 is 0 Å². The summed E-state index contributed by atoms with van der Waals surface area (Å²) in [5.74, 6) is -1.67. The largest absolute Gasteiger partial charge is 0.355 e. The molecule has 0 radical (unpaired) electrons. The van der Waals surface area contributed by atoms with E-state index in [0.717, 1.165) is 22.7 Å². The van der Waals surface area contributed by atoms with Crippen LogP contribution in [-0.2, 0) is 26.2 Å². The number of carbonyl (C=O) groups is 2. The molecule has 0 spiro atoms. The van der Waals surface area contributed by atoms with Gasteiger partial charge in [-0.05, 0) is 49.2 Å². The standard InChI is InChI=1S/C22H26Cl2FN3O4S/c1-4-20(22(30)26-5-2)27(13-15-6-8-16(23)9-7-15)21(29)14-28(33(3,31)32)17-10-11-19(25)18(24)12-17/h6-12,20H,4-5,13-14H2,1-3H3,(H,26,30)/t20-/m1/s1. The van der Waals surface area contributed by atoms with Crippen molar-refractivity contribution in [3.8, 4) is 0 Å². The first-order chi connectivity index (χ1) is 15.5. The molecule has 2 aromatic rings. The van der Waals surface area contributed by atoms with Crippen molar-refractivity contribution in [3.05, 3.63) is 63.9 Å². The Morgan fingerprint density at radius 1 is 1.09 bits per heavy atom. The number of halogens is 3. The average molecular weight is 518 g/mol. The molecule has 2 amide bonds. The summed E-state index contributed by atoms with van der Waals surface area (Å²) in [6, 6.07) is 9.32. The van der Waals surface area contributed by atoms with Gasteiger partial charge in [-0.25, -0.2) is 12.8 Å². The SMILES string of the molecule is CCNC(=O)[C@@H](CC)N(Cc1ccc(Cl)cc1)C(=O)CN(c1ccc(F)c(Cl)c1)S(C)(=O)=O. The molecule has 33 heavy (non-hydrogen) atoms. The van der Waals surface area contributed by atoms with Crippen molar-refractivity contribution in [2.75, 3.05) is 23.7 Å². The van der Waals surface area contributed by atoms with Gasteiger partial charge in [-0.3, -0.25) is 13.9 Å². The lowest BCUT2D eigenvalue weighted by Gasteiger charge is -2.32. The van der Waals surface area contributed by atoms with E-state index in [1.807, 2.05) is 0 Å². The molecule has 2 aromatic carbocycles. The highest BCUT2D eigenvalue weighted by Crippen LogP contribution is 2.25. The Morgan fingerprint density at radius 3 is 2.24 bits per heavy atom. The Bertz CT molecular complexity index is 1100. The third-order valence-electron chi connectivity index (χ3n) is 4.87. The summed E-state index contributed by atoms with van der Waals surface area (Å²) >= 11 is 11.8. The molecule has 1 atom stereocenters. The Labute approximate surface area is 203 Å². The zero-order valence-corrected chi connectivity index (χ0v) is 20.8. The second-order valence-corrected chi connectivity index (χ2v) is 10.1. The molecular weight excluding hydrogens is 492 g/mol. The van der Waals surface area contributed by atoms with Gasteiger partial charge in [0.15, 0.2) is 0 Å². The summed E-state index contributed by atoms with van der Waals surface area (Å²) in [5, 5.41) is 2.95. The van der Waals surface area contributed by atoms with Crippen LogP contribution < -0.4 is 9.62 Å². The van der Waals surface area contributed by atoms with Crippen molar-refractivity contribution < 1.29 is 22.4 Å². The van der Waals surface area contributed by atoms with Gasteiger partial charge in [0.2, 0.25) is 21.8 Å². The molecule has 0 aromatic heterocycles. The molecule has 2 rings (SSSR count). The van der Waals surface area contributed by atoms with E-state index in [1.54, 1.807) is 38.1 Å². The Balaban J connectivity index is 2.44. The number of benzene rings is 2. The van der Waals surface area contributed by atoms with Crippen molar-refractivity contribution >= 4 is 50.7 Å². The van der Waals surface area contributed by atoms with Crippen molar-refractivity contribution in [3.63, 3.8) is 0 Å². The molecule has 0 unspecified atom stereocenters. The minimum atomic E-state index is -3.93. The predicted molar refractivity (Wildman–Crippen MR) is 128 cm³/mol. The maximum absolute atomic E-state index is 13.6. The van der Waals surface area contributed by atoms with Gasteiger partial charge in [-0.1, -0.05) is 42.3 Å². The fourth-order valence-corrected chi connectivity index (χ4v) is 4.39. The second-order valence-electron chi connectivity index (χ2n) is 7.33. The number of hydrogen-bond donors (Lipinski definition) is 1. The van der Waals surface area contributed by atoms with Crippen LogP contribution >= 0.6 is 23.2 Å². The van der Waals surface area contributed by atoms with E-state index in [2.05, 4.69) is 5.32 Å². The van der Waals surface area contributed by atoms with Crippen molar-refractivity contribution in [1.29, 1.82) is 0 Å². The lowest BCUT2D eigenvalue weighted by Crippen LogP contribution is -2.52. The maximum Gasteiger partial charge on any atom is 0.244 e.